The Morgan fingerprint density at radius 2 is 1.50 bits per heavy atom. The van der Waals surface area contributed by atoms with Crippen molar-refractivity contribution >= 4 is 11.8 Å². The van der Waals surface area contributed by atoms with Crippen LogP contribution in [0.2, 0.25) is 0 Å². The van der Waals surface area contributed by atoms with Gasteiger partial charge >= 0.3 is 0 Å². The van der Waals surface area contributed by atoms with Crippen molar-refractivity contribution in [1.29, 1.82) is 0 Å². The maximum absolute atomic E-state index is 13.0. The Bertz CT molecular complexity index is 738. The number of hydrazine groups is 1. The average molecular weight is 334 g/mol. The lowest BCUT2D eigenvalue weighted by Crippen LogP contribution is -2.43. The highest BCUT2D eigenvalue weighted by Crippen LogP contribution is 2.15. The molecule has 5 nitrogen and oxygen atoms in total. The predicted molar refractivity (Wildman–Crippen MR) is 83.4 cm³/mol. The van der Waals surface area contributed by atoms with Crippen molar-refractivity contribution in [1.82, 2.24) is 10.9 Å². The first-order chi connectivity index (χ1) is 11.3. The van der Waals surface area contributed by atoms with Crippen LogP contribution in [0.3, 0.4) is 0 Å². The van der Waals surface area contributed by atoms with Crippen LogP contribution in [0.25, 0.3) is 0 Å². The topological polar surface area (TPSA) is 67.4 Å². The Morgan fingerprint density at radius 3 is 2.08 bits per heavy atom. The first-order valence-corrected chi connectivity index (χ1v) is 7.10. The third kappa shape index (κ3) is 5.05. The molecule has 2 aromatic carbocycles. The second-order valence-electron chi connectivity index (χ2n) is 5.27. The smallest absolute Gasteiger partial charge is 0.276 e. The van der Waals surface area contributed by atoms with E-state index in [4.69, 9.17) is 4.74 Å². The van der Waals surface area contributed by atoms with Crippen LogP contribution in [0.1, 0.15) is 21.5 Å². The fourth-order valence-electron chi connectivity index (χ4n) is 2.08. The summed E-state index contributed by atoms with van der Waals surface area (Å²) in [6.45, 7) is 3.48. The summed E-state index contributed by atoms with van der Waals surface area (Å²) in [5.41, 5.74) is 5.91. The molecule has 24 heavy (non-hydrogen) atoms. The zero-order chi connectivity index (χ0) is 17.7. The molecular formula is C17H16F2N2O3. The van der Waals surface area contributed by atoms with Crippen LogP contribution in [0.15, 0.2) is 36.4 Å². The lowest BCUT2D eigenvalue weighted by Gasteiger charge is -2.10. The van der Waals surface area contributed by atoms with Crippen molar-refractivity contribution in [2.75, 3.05) is 6.61 Å². The van der Waals surface area contributed by atoms with Gasteiger partial charge in [-0.05, 0) is 49.2 Å². The van der Waals surface area contributed by atoms with E-state index < -0.39 is 23.4 Å². The van der Waals surface area contributed by atoms with E-state index in [2.05, 4.69) is 10.9 Å². The van der Waals surface area contributed by atoms with Gasteiger partial charge in [0.25, 0.3) is 11.8 Å². The summed E-state index contributed by atoms with van der Waals surface area (Å²) < 4.78 is 31.4. The number of rotatable bonds is 4. The summed E-state index contributed by atoms with van der Waals surface area (Å²) >= 11 is 0. The quantitative estimate of drug-likeness (QED) is 0.844. The molecule has 0 spiro atoms. The second kappa shape index (κ2) is 7.54. The van der Waals surface area contributed by atoms with E-state index in [-0.39, 0.29) is 12.2 Å². The highest BCUT2D eigenvalue weighted by molar-refractivity contribution is 5.95. The van der Waals surface area contributed by atoms with Gasteiger partial charge in [0, 0.05) is 11.6 Å². The summed E-state index contributed by atoms with van der Waals surface area (Å²) in [6.07, 6.45) is 0. The van der Waals surface area contributed by atoms with Gasteiger partial charge in [-0.25, -0.2) is 8.78 Å². The number of halogens is 2. The molecule has 0 aromatic heterocycles. The van der Waals surface area contributed by atoms with Crippen molar-refractivity contribution in [3.63, 3.8) is 0 Å². The molecule has 0 bridgehead atoms. The van der Waals surface area contributed by atoms with E-state index in [1.54, 1.807) is 12.1 Å². The van der Waals surface area contributed by atoms with Gasteiger partial charge in [0.1, 0.15) is 17.4 Å². The van der Waals surface area contributed by atoms with Crippen molar-refractivity contribution in [2.24, 2.45) is 0 Å². The third-order valence-electron chi connectivity index (χ3n) is 3.01. The highest BCUT2D eigenvalue weighted by atomic mass is 19.1. The molecule has 0 unspecified atom stereocenters. The Hall–Kier alpha value is -2.96. The molecule has 2 N–H and O–H groups in total. The minimum absolute atomic E-state index is 0.247. The van der Waals surface area contributed by atoms with E-state index >= 15 is 0 Å². The van der Waals surface area contributed by atoms with Crippen LogP contribution in [0, 0.1) is 25.5 Å². The number of amides is 2. The largest absolute Gasteiger partial charge is 0.484 e. The third-order valence-corrected chi connectivity index (χ3v) is 3.01. The fourth-order valence-corrected chi connectivity index (χ4v) is 2.08. The van der Waals surface area contributed by atoms with Crippen LogP contribution in [0.5, 0.6) is 5.75 Å². The molecule has 0 aliphatic heterocycles. The van der Waals surface area contributed by atoms with Gasteiger partial charge in [-0.1, -0.05) is 6.07 Å². The zero-order valence-corrected chi connectivity index (χ0v) is 13.2. The lowest BCUT2D eigenvalue weighted by atomic mass is 10.1. The number of aryl methyl sites for hydroxylation is 2. The maximum atomic E-state index is 13.0. The first-order valence-electron chi connectivity index (χ1n) is 7.10. The summed E-state index contributed by atoms with van der Waals surface area (Å²) in [7, 11) is 0. The monoisotopic (exact) mass is 334 g/mol. The van der Waals surface area contributed by atoms with Gasteiger partial charge in [-0.2, -0.15) is 0 Å². The zero-order valence-electron chi connectivity index (χ0n) is 13.2. The van der Waals surface area contributed by atoms with Crippen molar-refractivity contribution in [2.45, 2.75) is 13.8 Å². The van der Waals surface area contributed by atoms with Gasteiger partial charge in [0.05, 0.1) is 0 Å². The molecule has 0 heterocycles. The minimum Gasteiger partial charge on any atom is -0.484 e. The van der Waals surface area contributed by atoms with Crippen LogP contribution in [-0.2, 0) is 4.79 Å². The molecule has 0 atom stereocenters. The molecule has 126 valence electrons. The van der Waals surface area contributed by atoms with Crippen LogP contribution >= 0.6 is 0 Å². The van der Waals surface area contributed by atoms with Crippen molar-refractivity contribution < 1.29 is 23.1 Å². The number of carbonyl (C=O) groups excluding carboxylic acids is 2. The minimum atomic E-state index is -0.885. The van der Waals surface area contributed by atoms with E-state index in [9.17, 15) is 18.4 Å². The van der Waals surface area contributed by atoms with Gasteiger partial charge in [0.2, 0.25) is 0 Å². The van der Waals surface area contributed by atoms with Crippen LogP contribution in [-0.4, -0.2) is 18.4 Å². The second-order valence-corrected chi connectivity index (χ2v) is 5.27. The molecule has 2 amide bonds. The number of benzene rings is 2. The number of ether oxygens (including phenoxy) is 1. The fraction of sp³-hybridized carbons (Fsp3) is 0.176. The number of carbonyl (C=O) groups is 2. The summed E-state index contributed by atoms with van der Waals surface area (Å²) in [5, 5.41) is 0. The first kappa shape index (κ1) is 17.4. The van der Waals surface area contributed by atoms with Gasteiger partial charge in [-0.3, -0.25) is 20.4 Å². The maximum Gasteiger partial charge on any atom is 0.276 e. The normalized spacial score (nSPS) is 10.2. The highest BCUT2D eigenvalue weighted by Gasteiger charge is 2.11. The average Bonchev–Trinajstić information content (AvgIpc) is 2.48. The molecule has 0 radical (unpaired) electrons. The van der Waals surface area contributed by atoms with E-state index in [1.165, 1.54) is 0 Å². The van der Waals surface area contributed by atoms with Gasteiger partial charge in [-0.15, -0.1) is 0 Å². The number of hydrogen-bond donors (Lipinski definition) is 2. The Labute approximate surface area is 137 Å². The summed E-state index contributed by atoms with van der Waals surface area (Å²) in [4.78, 5) is 23.4. The molecule has 0 saturated heterocycles. The van der Waals surface area contributed by atoms with Gasteiger partial charge in [0.15, 0.2) is 6.61 Å². The lowest BCUT2D eigenvalue weighted by molar-refractivity contribution is -0.123. The Morgan fingerprint density at radius 1 is 0.917 bits per heavy atom. The van der Waals surface area contributed by atoms with Gasteiger partial charge < -0.3 is 4.74 Å². The molecule has 0 fully saturated rings. The number of hydrogen-bond acceptors (Lipinski definition) is 3. The Kier molecular flexibility index (Phi) is 5.47. The molecular weight excluding hydrogens is 318 g/mol. The molecule has 7 heteroatoms. The molecule has 2 aromatic rings. The molecule has 0 aliphatic carbocycles. The predicted octanol–water partition coefficient (Wildman–Crippen LogP) is 2.42. The van der Waals surface area contributed by atoms with Crippen molar-refractivity contribution in [3.8, 4) is 5.75 Å². The summed E-state index contributed by atoms with van der Waals surface area (Å²) in [6, 6.07) is 7.87. The standard InChI is InChI=1S/C17H16F2N2O3/c1-10-3-11(2)5-15(4-10)24-9-16(22)20-21-17(23)12-6-13(18)8-14(19)7-12/h3-8H,9H2,1-2H3,(H,20,22)(H,21,23). The molecule has 2 rings (SSSR count). The van der Waals surface area contributed by atoms with E-state index in [1.807, 2.05) is 19.9 Å². The SMILES string of the molecule is Cc1cc(C)cc(OCC(=O)NNC(=O)c2cc(F)cc(F)c2)c1. The van der Waals surface area contributed by atoms with E-state index in [0.717, 1.165) is 23.3 Å². The Balaban J connectivity index is 1.85. The van der Waals surface area contributed by atoms with Crippen LogP contribution < -0.4 is 15.6 Å². The molecule has 0 saturated carbocycles. The summed E-state index contributed by atoms with van der Waals surface area (Å²) in [5.74, 6) is -2.69. The van der Waals surface area contributed by atoms with Crippen LogP contribution in [0.4, 0.5) is 8.78 Å². The molecule has 0 aliphatic rings. The van der Waals surface area contributed by atoms with E-state index in [0.29, 0.717) is 11.8 Å². The van der Waals surface area contributed by atoms with Crippen molar-refractivity contribution in [3.05, 3.63) is 64.7 Å². The number of nitrogens with one attached hydrogen (secondary N) is 2.